The maximum absolute atomic E-state index is 14.5. The number of ether oxygens (including phenoxy) is 1. The lowest BCUT2D eigenvalue weighted by Crippen LogP contribution is -2.42. The molecule has 2 amide bonds. The molecule has 1 aliphatic heterocycles. The van der Waals surface area contributed by atoms with Crippen LogP contribution in [0.3, 0.4) is 0 Å². The third-order valence-corrected chi connectivity index (χ3v) is 6.06. The number of aryl methyl sites for hydroxylation is 1. The second kappa shape index (κ2) is 11.2. The van der Waals surface area contributed by atoms with Crippen LogP contribution < -0.4 is 0 Å². The molecule has 0 fully saturated rings. The largest absolute Gasteiger partial charge is 0.383 e. The number of nitrogens with zero attached hydrogens (tertiary/aromatic N) is 3. The molecule has 1 heterocycles. The first kappa shape index (κ1) is 25.2. The quantitative estimate of drug-likeness (QED) is 0.457. The maximum atomic E-state index is 14.5. The van der Waals surface area contributed by atoms with Crippen LogP contribution in [0.5, 0.6) is 0 Å². The number of hydrazone groups is 1. The molecule has 3 aromatic carbocycles. The van der Waals surface area contributed by atoms with E-state index in [1.54, 1.807) is 18.2 Å². The van der Waals surface area contributed by atoms with Crippen molar-refractivity contribution in [2.75, 3.05) is 26.8 Å². The van der Waals surface area contributed by atoms with Gasteiger partial charge in [0.1, 0.15) is 18.2 Å². The average molecular weight is 492 g/mol. The van der Waals surface area contributed by atoms with Crippen molar-refractivity contribution in [2.24, 2.45) is 5.10 Å². The van der Waals surface area contributed by atoms with Gasteiger partial charge in [0.05, 0.1) is 18.4 Å². The number of hydrogen-bond acceptors (Lipinski definition) is 4. The zero-order valence-corrected chi connectivity index (χ0v) is 20.2. The molecule has 0 N–H and O–H groups in total. The minimum absolute atomic E-state index is 0.129. The summed E-state index contributed by atoms with van der Waals surface area (Å²) >= 11 is 0. The zero-order chi connectivity index (χ0) is 25.7. The molecule has 8 heteroatoms. The number of carbonyl (C=O) groups excluding carboxylic acids is 2. The van der Waals surface area contributed by atoms with Crippen LogP contribution in [-0.4, -0.2) is 54.2 Å². The van der Waals surface area contributed by atoms with Gasteiger partial charge in [-0.15, -0.1) is 0 Å². The second-order valence-electron chi connectivity index (χ2n) is 8.63. The van der Waals surface area contributed by atoms with Crippen LogP contribution in [0.25, 0.3) is 0 Å². The van der Waals surface area contributed by atoms with Crippen LogP contribution in [0, 0.1) is 18.6 Å². The van der Waals surface area contributed by atoms with Gasteiger partial charge in [-0.2, -0.15) is 5.10 Å². The molecular formula is C28H27F2N3O3. The maximum Gasteiger partial charge on any atom is 0.262 e. The van der Waals surface area contributed by atoms with E-state index in [0.29, 0.717) is 17.7 Å². The molecule has 0 aliphatic carbocycles. The fourth-order valence-corrected chi connectivity index (χ4v) is 4.14. The highest BCUT2D eigenvalue weighted by atomic mass is 19.1. The first-order valence-electron chi connectivity index (χ1n) is 11.6. The first-order chi connectivity index (χ1) is 17.4. The lowest BCUT2D eigenvalue weighted by Gasteiger charge is -2.27. The highest BCUT2D eigenvalue weighted by molar-refractivity contribution is 6.04. The molecule has 1 unspecified atom stereocenters. The van der Waals surface area contributed by atoms with Gasteiger partial charge in [-0.3, -0.25) is 9.59 Å². The molecule has 0 saturated carbocycles. The summed E-state index contributed by atoms with van der Waals surface area (Å²) in [5.41, 5.74) is 2.83. The van der Waals surface area contributed by atoms with E-state index in [1.165, 1.54) is 41.3 Å². The van der Waals surface area contributed by atoms with Crippen LogP contribution in [-0.2, 0) is 9.53 Å². The number of methoxy groups -OCH3 is 1. The Labute approximate surface area is 208 Å². The van der Waals surface area contributed by atoms with Crippen molar-refractivity contribution >= 4 is 17.5 Å². The Hall–Kier alpha value is -3.91. The summed E-state index contributed by atoms with van der Waals surface area (Å²) in [5, 5.41) is 5.83. The van der Waals surface area contributed by atoms with Gasteiger partial charge in [0.15, 0.2) is 0 Å². The fraction of sp³-hybridized carbons (Fsp3) is 0.250. The first-order valence-corrected chi connectivity index (χ1v) is 11.6. The van der Waals surface area contributed by atoms with E-state index in [4.69, 9.17) is 4.74 Å². The van der Waals surface area contributed by atoms with Gasteiger partial charge >= 0.3 is 0 Å². The molecule has 4 rings (SSSR count). The molecule has 3 aromatic rings. The SMILES string of the molecule is COCCN(CC(=O)N1N=C(c2ccccc2F)CC1c1ccc(C)cc1)C(=O)c1cccc(F)c1. The Balaban J connectivity index is 1.64. The van der Waals surface area contributed by atoms with E-state index in [-0.39, 0.29) is 25.3 Å². The van der Waals surface area contributed by atoms with Crippen LogP contribution >= 0.6 is 0 Å². The molecule has 186 valence electrons. The number of carbonyl (C=O) groups is 2. The minimum atomic E-state index is -0.544. The van der Waals surface area contributed by atoms with Crippen molar-refractivity contribution in [2.45, 2.75) is 19.4 Å². The van der Waals surface area contributed by atoms with Crippen molar-refractivity contribution in [1.82, 2.24) is 9.91 Å². The van der Waals surface area contributed by atoms with Crippen molar-refractivity contribution in [3.05, 3.63) is 107 Å². The molecular weight excluding hydrogens is 464 g/mol. The van der Waals surface area contributed by atoms with Crippen LogP contribution in [0.1, 0.15) is 39.5 Å². The van der Waals surface area contributed by atoms with Crippen molar-refractivity contribution < 1.29 is 23.1 Å². The van der Waals surface area contributed by atoms with Gasteiger partial charge in [0.25, 0.3) is 11.8 Å². The van der Waals surface area contributed by atoms with Crippen LogP contribution in [0.4, 0.5) is 8.78 Å². The highest BCUT2D eigenvalue weighted by Gasteiger charge is 2.35. The van der Waals surface area contributed by atoms with E-state index in [9.17, 15) is 18.4 Å². The van der Waals surface area contributed by atoms with E-state index in [1.807, 2.05) is 31.2 Å². The Bertz CT molecular complexity index is 1280. The molecule has 1 atom stereocenters. The molecule has 0 saturated heterocycles. The summed E-state index contributed by atoms with van der Waals surface area (Å²) in [4.78, 5) is 28.0. The third-order valence-electron chi connectivity index (χ3n) is 6.06. The van der Waals surface area contributed by atoms with Gasteiger partial charge in [-0.25, -0.2) is 13.8 Å². The number of rotatable bonds is 8. The summed E-state index contributed by atoms with van der Waals surface area (Å²) < 4.78 is 33.4. The van der Waals surface area contributed by atoms with Gasteiger partial charge in [0.2, 0.25) is 0 Å². The third kappa shape index (κ3) is 5.66. The molecule has 36 heavy (non-hydrogen) atoms. The lowest BCUT2D eigenvalue weighted by atomic mass is 9.97. The zero-order valence-electron chi connectivity index (χ0n) is 20.2. The van der Waals surface area contributed by atoms with Gasteiger partial charge < -0.3 is 9.64 Å². The standard InChI is InChI=1S/C28H27F2N3O3/c1-19-10-12-20(13-11-19)26-17-25(23-8-3-4-9-24(23)30)31-33(26)27(34)18-32(14-15-36-2)28(35)21-6-5-7-22(29)16-21/h3-13,16,26H,14-15,17-18H2,1-2H3. The minimum Gasteiger partial charge on any atom is -0.383 e. The highest BCUT2D eigenvalue weighted by Crippen LogP contribution is 2.33. The number of halogens is 2. The van der Waals surface area contributed by atoms with E-state index < -0.39 is 29.5 Å². The molecule has 0 radical (unpaired) electrons. The summed E-state index contributed by atoms with van der Waals surface area (Å²) in [5.74, 6) is -1.90. The smallest absolute Gasteiger partial charge is 0.262 e. The Morgan fingerprint density at radius 1 is 1.06 bits per heavy atom. The van der Waals surface area contributed by atoms with Crippen LogP contribution in [0.15, 0.2) is 77.9 Å². The average Bonchev–Trinajstić information content (AvgIpc) is 3.32. The van der Waals surface area contributed by atoms with E-state index in [0.717, 1.165) is 17.2 Å². The van der Waals surface area contributed by atoms with Crippen molar-refractivity contribution in [3.8, 4) is 0 Å². The molecule has 0 bridgehead atoms. The van der Waals surface area contributed by atoms with Crippen LogP contribution in [0.2, 0.25) is 0 Å². The lowest BCUT2D eigenvalue weighted by molar-refractivity contribution is -0.133. The number of amides is 2. The molecule has 6 nitrogen and oxygen atoms in total. The summed E-state index contributed by atoms with van der Waals surface area (Å²) in [6.07, 6.45) is 0.325. The van der Waals surface area contributed by atoms with Crippen molar-refractivity contribution in [3.63, 3.8) is 0 Å². The fourth-order valence-electron chi connectivity index (χ4n) is 4.14. The number of benzene rings is 3. The Morgan fingerprint density at radius 2 is 1.81 bits per heavy atom. The van der Waals surface area contributed by atoms with Gasteiger partial charge in [-0.05, 0) is 36.8 Å². The summed E-state index contributed by atoms with van der Waals surface area (Å²) in [6, 6.07) is 18.9. The number of hydrogen-bond donors (Lipinski definition) is 0. The predicted molar refractivity (Wildman–Crippen MR) is 132 cm³/mol. The van der Waals surface area contributed by atoms with Gasteiger partial charge in [0, 0.05) is 31.2 Å². The van der Waals surface area contributed by atoms with Crippen molar-refractivity contribution in [1.29, 1.82) is 0 Å². The second-order valence-corrected chi connectivity index (χ2v) is 8.63. The Kier molecular flexibility index (Phi) is 7.85. The van der Waals surface area contributed by atoms with E-state index in [2.05, 4.69) is 5.10 Å². The summed E-state index contributed by atoms with van der Waals surface area (Å²) in [7, 11) is 1.49. The summed E-state index contributed by atoms with van der Waals surface area (Å²) in [6.45, 7) is 1.99. The Morgan fingerprint density at radius 3 is 2.50 bits per heavy atom. The molecule has 1 aliphatic rings. The molecule has 0 aromatic heterocycles. The van der Waals surface area contributed by atoms with Gasteiger partial charge in [-0.1, -0.05) is 54.1 Å². The monoisotopic (exact) mass is 491 g/mol. The van der Waals surface area contributed by atoms with E-state index >= 15 is 0 Å². The topological polar surface area (TPSA) is 62.2 Å². The predicted octanol–water partition coefficient (Wildman–Crippen LogP) is 4.74. The molecule has 0 spiro atoms. The normalized spacial score (nSPS) is 15.1.